The molecule has 3 heterocycles. The lowest BCUT2D eigenvalue weighted by atomic mass is 10.1. The van der Waals surface area contributed by atoms with Crippen molar-refractivity contribution >= 4 is 17.1 Å². The van der Waals surface area contributed by atoms with E-state index in [0.717, 1.165) is 0 Å². The Morgan fingerprint density at radius 3 is 2.73 bits per heavy atom. The second-order valence-corrected chi connectivity index (χ2v) is 5.34. The lowest BCUT2D eigenvalue weighted by Gasteiger charge is -2.17. The van der Waals surface area contributed by atoms with Crippen LogP contribution >= 0.6 is 0 Å². The highest BCUT2D eigenvalue weighted by atomic mass is 16.6. The van der Waals surface area contributed by atoms with Crippen LogP contribution in [0.3, 0.4) is 0 Å². The Morgan fingerprint density at radius 2 is 2.14 bits per heavy atom. The lowest BCUT2D eigenvalue weighted by molar-refractivity contribution is -0.0511. The molecular formula is C12H17N5O5. The minimum Gasteiger partial charge on any atom is -0.394 e. The maximum absolute atomic E-state index is 12.0. The second kappa shape index (κ2) is 5.32. The minimum absolute atomic E-state index is 0.100. The highest BCUT2D eigenvalue weighted by Crippen LogP contribution is 2.30. The number of hydrogen-bond acceptors (Lipinski definition) is 8. The van der Waals surface area contributed by atoms with Crippen LogP contribution in [0.4, 0.5) is 5.95 Å². The zero-order chi connectivity index (χ0) is 16.0. The van der Waals surface area contributed by atoms with Crippen molar-refractivity contribution in [2.45, 2.75) is 24.5 Å². The van der Waals surface area contributed by atoms with Gasteiger partial charge < -0.3 is 25.0 Å². The molecule has 0 radical (unpaired) electrons. The lowest BCUT2D eigenvalue weighted by Crippen LogP contribution is -2.33. The average molecular weight is 311 g/mol. The summed E-state index contributed by atoms with van der Waals surface area (Å²) < 4.78 is 6.81. The van der Waals surface area contributed by atoms with Gasteiger partial charge in [-0.3, -0.25) is 14.3 Å². The van der Waals surface area contributed by atoms with Crippen molar-refractivity contribution in [1.82, 2.24) is 19.5 Å². The Bertz CT molecular complexity index is 741. The van der Waals surface area contributed by atoms with Crippen LogP contribution in [0.15, 0.2) is 11.1 Å². The molecule has 10 heteroatoms. The molecule has 1 aliphatic heterocycles. The molecule has 3 rings (SSSR count). The minimum atomic E-state index is -1.27. The molecule has 4 atom stereocenters. The molecule has 22 heavy (non-hydrogen) atoms. The van der Waals surface area contributed by atoms with Gasteiger partial charge in [0.25, 0.3) is 5.56 Å². The zero-order valence-corrected chi connectivity index (χ0v) is 12.0. The number of aliphatic hydroxyl groups is 3. The molecule has 0 spiro atoms. The standard InChI is InChI=1S/C12H17N5O5/c1-16(2)12-14-9-6(10(21)15-12)13-4-17(9)11-8(20)7(19)5(3-18)22-11/h4-5,7-8,11,18-20H,3H2,1-2H3,(H,14,15,21)/t5-,7?,8?,11+/m0/s1. The van der Waals surface area contributed by atoms with E-state index in [9.17, 15) is 15.0 Å². The third-order valence-electron chi connectivity index (χ3n) is 3.63. The number of ether oxygens (including phenoxy) is 1. The Hall–Kier alpha value is -2.01. The van der Waals surface area contributed by atoms with Crippen LogP contribution in [0.25, 0.3) is 11.2 Å². The number of nitrogens with one attached hydrogen (secondary N) is 1. The van der Waals surface area contributed by atoms with E-state index < -0.39 is 36.7 Å². The van der Waals surface area contributed by atoms with Gasteiger partial charge in [-0.05, 0) is 0 Å². The van der Waals surface area contributed by atoms with Gasteiger partial charge in [-0.1, -0.05) is 0 Å². The first-order chi connectivity index (χ1) is 10.4. The fourth-order valence-electron chi connectivity index (χ4n) is 2.42. The van der Waals surface area contributed by atoms with Crippen LogP contribution in [0.1, 0.15) is 6.23 Å². The first-order valence-corrected chi connectivity index (χ1v) is 6.70. The van der Waals surface area contributed by atoms with Crippen molar-refractivity contribution in [2.75, 3.05) is 25.6 Å². The van der Waals surface area contributed by atoms with Crippen molar-refractivity contribution in [3.8, 4) is 0 Å². The third-order valence-corrected chi connectivity index (χ3v) is 3.63. The number of aliphatic hydroxyl groups excluding tert-OH is 3. The Kier molecular flexibility index (Phi) is 3.60. The SMILES string of the molecule is CN(C)c1nc2c(ncn2[C@@H]2O[C@@H](CO)C(O)C2O)c(=O)[nH]1. The van der Waals surface area contributed by atoms with Crippen LogP contribution in [-0.2, 0) is 4.74 Å². The molecule has 120 valence electrons. The molecule has 0 bridgehead atoms. The summed E-state index contributed by atoms with van der Waals surface area (Å²) in [6.45, 7) is -0.432. The van der Waals surface area contributed by atoms with Crippen molar-refractivity contribution in [3.05, 3.63) is 16.7 Å². The summed E-state index contributed by atoms with van der Waals surface area (Å²) in [4.78, 5) is 24.5. The second-order valence-electron chi connectivity index (χ2n) is 5.34. The average Bonchev–Trinajstić information content (AvgIpc) is 3.02. The number of aromatic nitrogens is 4. The number of fused-ring (bicyclic) bond motifs is 1. The Morgan fingerprint density at radius 1 is 1.41 bits per heavy atom. The van der Waals surface area contributed by atoms with Gasteiger partial charge in [0.2, 0.25) is 5.95 Å². The van der Waals surface area contributed by atoms with Crippen molar-refractivity contribution in [1.29, 1.82) is 0 Å². The van der Waals surface area contributed by atoms with Gasteiger partial charge in [0, 0.05) is 14.1 Å². The Labute approximate surface area is 124 Å². The normalized spacial score (nSPS) is 28.4. The fraction of sp³-hybridized carbons (Fsp3) is 0.583. The smallest absolute Gasteiger partial charge is 0.280 e. The number of nitrogens with zero attached hydrogens (tertiary/aromatic N) is 4. The van der Waals surface area contributed by atoms with E-state index in [2.05, 4.69) is 15.0 Å². The molecule has 1 saturated heterocycles. The van der Waals surface area contributed by atoms with E-state index >= 15 is 0 Å². The first kappa shape index (κ1) is 14.9. The van der Waals surface area contributed by atoms with E-state index in [-0.39, 0.29) is 11.2 Å². The monoisotopic (exact) mass is 311 g/mol. The highest BCUT2D eigenvalue weighted by molar-refractivity contribution is 5.71. The molecular weight excluding hydrogens is 294 g/mol. The van der Waals surface area contributed by atoms with Crippen LogP contribution in [0, 0.1) is 0 Å². The summed E-state index contributed by atoms with van der Waals surface area (Å²) in [5.41, 5.74) is -0.0928. The predicted molar refractivity (Wildman–Crippen MR) is 75.5 cm³/mol. The van der Waals surface area contributed by atoms with Gasteiger partial charge in [0.15, 0.2) is 17.4 Å². The number of rotatable bonds is 3. The molecule has 4 N–H and O–H groups in total. The van der Waals surface area contributed by atoms with E-state index in [1.165, 1.54) is 10.9 Å². The number of H-pyrrole nitrogens is 1. The van der Waals surface area contributed by atoms with E-state index in [1.807, 2.05) is 0 Å². The summed E-state index contributed by atoms with van der Waals surface area (Å²) in [5.74, 6) is 0.325. The van der Waals surface area contributed by atoms with Gasteiger partial charge >= 0.3 is 0 Å². The van der Waals surface area contributed by atoms with Crippen LogP contribution in [-0.4, -0.2) is 73.9 Å². The van der Waals surface area contributed by atoms with Crippen molar-refractivity contribution in [2.24, 2.45) is 0 Å². The van der Waals surface area contributed by atoms with Gasteiger partial charge in [-0.2, -0.15) is 4.98 Å². The van der Waals surface area contributed by atoms with Crippen molar-refractivity contribution < 1.29 is 20.1 Å². The fourth-order valence-corrected chi connectivity index (χ4v) is 2.42. The van der Waals surface area contributed by atoms with Crippen LogP contribution < -0.4 is 10.5 Å². The summed E-state index contributed by atoms with van der Waals surface area (Å²) in [7, 11) is 3.44. The zero-order valence-electron chi connectivity index (χ0n) is 12.0. The summed E-state index contributed by atoms with van der Waals surface area (Å²) in [6.07, 6.45) is -3.08. The van der Waals surface area contributed by atoms with Gasteiger partial charge in [-0.25, -0.2) is 4.98 Å². The number of hydrogen-bond donors (Lipinski definition) is 4. The Balaban J connectivity index is 2.10. The first-order valence-electron chi connectivity index (χ1n) is 6.70. The van der Waals surface area contributed by atoms with Crippen LogP contribution in [0.5, 0.6) is 0 Å². The van der Waals surface area contributed by atoms with E-state index in [4.69, 9.17) is 9.84 Å². The summed E-state index contributed by atoms with van der Waals surface area (Å²) >= 11 is 0. The maximum atomic E-state index is 12.0. The van der Waals surface area contributed by atoms with E-state index in [0.29, 0.717) is 5.95 Å². The largest absolute Gasteiger partial charge is 0.394 e. The summed E-state index contributed by atoms with van der Waals surface area (Å²) in [5, 5.41) is 29.1. The third kappa shape index (κ3) is 2.16. The topological polar surface area (TPSA) is 137 Å². The van der Waals surface area contributed by atoms with Crippen molar-refractivity contribution in [3.63, 3.8) is 0 Å². The van der Waals surface area contributed by atoms with Gasteiger partial charge in [0.05, 0.1) is 12.9 Å². The molecule has 1 aliphatic rings. The van der Waals surface area contributed by atoms with E-state index in [1.54, 1.807) is 19.0 Å². The molecule has 1 fully saturated rings. The molecule has 2 aromatic rings. The molecule has 2 unspecified atom stereocenters. The maximum Gasteiger partial charge on any atom is 0.280 e. The van der Waals surface area contributed by atoms with Crippen LogP contribution in [0.2, 0.25) is 0 Å². The molecule has 0 amide bonds. The summed E-state index contributed by atoms with van der Waals surface area (Å²) in [6, 6.07) is 0. The molecule has 10 nitrogen and oxygen atoms in total. The highest BCUT2D eigenvalue weighted by Gasteiger charge is 2.44. The van der Waals surface area contributed by atoms with Gasteiger partial charge in [0.1, 0.15) is 18.3 Å². The number of aromatic amines is 1. The number of imidazole rings is 1. The predicted octanol–water partition coefficient (Wildman–Crippen LogP) is -2.20. The quantitative estimate of drug-likeness (QED) is 0.501. The van der Waals surface area contributed by atoms with Gasteiger partial charge in [-0.15, -0.1) is 0 Å². The molecule has 0 aliphatic carbocycles. The molecule has 0 aromatic carbocycles. The molecule has 2 aromatic heterocycles. The molecule has 0 saturated carbocycles. The number of anilines is 1.